The van der Waals surface area contributed by atoms with Crippen molar-refractivity contribution < 1.29 is 28.7 Å². The Hall–Kier alpha value is -6.46. The van der Waals surface area contributed by atoms with E-state index in [9.17, 15) is 19.5 Å². The molecular formula is C46H37ClFN5O5. The third-order valence-electron chi connectivity index (χ3n) is 12.3. The van der Waals surface area contributed by atoms with Gasteiger partial charge >= 0.3 is 0 Å². The Bertz CT molecular complexity index is 2560. The maximum absolute atomic E-state index is 15.4. The van der Waals surface area contributed by atoms with Crippen LogP contribution < -0.4 is 14.7 Å². The monoisotopic (exact) mass is 793 g/mol. The number of aromatic hydroxyl groups is 1. The molecule has 1 saturated carbocycles. The number of para-hydroxylation sites is 1. The number of hydrogen-bond acceptors (Lipinski definition) is 8. The Morgan fingerprint density at radius 2 is 1.41 bits per heavy atom. The third-order valence-corrected chi connectivity index (χ3v) is 12.5. The summed E-state index contributed by atoms with van der Waals surface area (Å²) in [5.74, 6) is -7.86. The zero-order valence-electron chi connectivity index (χ0n) is 31.5. The highest BCUT2D eigenvalue weighted by molar-refractivity contribution is 6.32. The molecule has 4 amide bonds. The van der Waals surface area contributed by atoms with Gasteiger partial charge in [-0.25, -0.2) is 9.29 Å². The molecule has 0 unspecified atom stereocenters. The van der Waals surface area contributed by atoms with E-state index in [0.717, 1.165) is 16.7 Å². The fraction of sp³-hybridized carbons (Fsp3) is 0.217. The molecule has 6 atom stereocenters. The number of halogens is 2. The Labute approximate surface area is 338 Å². The number of carbonyl (C=O) groups is 4. The van der Waals surface area contributed by atoms with Gasteiger partial charge in [0.2, 0.25) is 23.6 Å². The van der Waals surface area contributed by atoms with E-state index in [1.165, 1.54) is 17.0 Å². The van der Waals surface area contributed by atoms with Gasteiger partial charge in [0.25, 0.3) is 0 Å². The highest BCUT2D eigenvalue weighted by Crippen LogP contribution is 2.65. The number of nitrogens with zero attached hydrogens (tertiary/aromatic N) is 5. The first-order chi connectivity index (χ1) is 28.0. The molecule has 5 aromatic carbocycles. The summed E-state index contributed by atoms with van der Waals surface area (Å²) in [6, 6.07) is 33.8. The molecule has 2 saturated heterocycles. The van der Waals surface area contributed by atoms with E-state index >= 15 is 9.18 Å². The number of hydrogen-bond donors (Lipinski definition) is 1. The molecule has 290 valence electrons. The second kappa shape index (κ2) is 14.2. The summed E-state index contributed by atoms with van der Waals surface area (Å²) < 4.78 is 15.4. The predicted molar refractivity (Wildman–Crippen MR) is 218 cm³/mol. The molecule has 5 aromatic rings. The van der Waals surface area contributed by atoms with Crippen LogP contribution in [0, 0.1) is 29.5 Å². The molecule has 2 heterocycles. The molecule has 12 heteroatoms. The minimum absolute atomic E-state index is 0.0534. The van der Waals surface area contributed by atoms with Crippen LogP contribution in [0.1, 0.15) is 29.9 Å². The summed E-state index contributed by atoms with van der Waals surface area (Å²) in [5.41, 5.74) is 2.44. The number of anilines is 3. The molecule has 3 fully saturated rings. The van der Waals surface area contributed by atoms with Gasteiger partial charge in [0.05, 0.1) is 45.9 Å². The van der Waals surface area contributed by atoms with Crippen LogP contribution in [0.15, 0.2) is 143 Å². The van der Waals surface area contributed by atoms with E-state index in [2.05, 4.69) is 10.2 Å². The van der Waals surface area contributed by atoms with Gasteiger partial charge in [-0.2, -0.15) is 10.2 Å². The number of rotatable bonds is 7. The standard InChI is InChI=1S/C46H37ClFN5O5/c1-51(2)30-18-14-28(15-19-30)49-50-29-16-20-31(21-17-29)52-42(55)34-23-22-33-36(39(34)44(52)57)25-37-43(56)53(32-11-6-10-27(47)24-32)45(58)46(37,26-8-4-3-5-9-26)40(33)35-12-7-13-38(48)41(35)54/h3-22,24,34,36-37,39-40,54H,23,25H2,1-2H3/t34-,36+,37-,39-,40+,46+/m0/s1. The maximum atomic E-state index is 15.4. The lowest BCUT2D eigenvalue weighted by Crippen LogP contribution is -2.53. The lowest BCUT2D eigenvalue weighted by molar-refractivity contribution is -0.127. The maximum Gasteiger partial charge on any atom is 0.246 e. The number of phenols is 1. The van der Waals surface area contributed by atoms with Crippen LogP contribution in [0.5, 0.6) is 5.75 Å². The first-order valence-corrected chi connectivity index (χ1v) is 19.4. The van der Waals surface area contributed by atoms with Crippen LogP contribution in [-0.4, -0.2) is 42.8 Å². The van der Waals surface area contributed by atoms with E-state index < -0.39 is 64.3 Å². The molecule has 10 nitrogen and oxygen atoms in total. The predicted octanol–water partition coefficient (Wildman–Crippen LogP) is 9.03. The smallest absolute Gasteiger partial charge is 0.246 e. The van der Waals surface area contributed by atoms with Gasteiger partial charge < -0.3 is 10.0 Å². The minimum atomic E-state index is -1.65. The van der Waals surface area contributed by atoms with E-state index in [4.69, 9.17) is 11.6 Å². The molecule has 0 radical (unpaired) electrons. The summed E-state index contributed by atoms with van der Waals surface area (Å²) in [7, 11) is 3.91. The fourth-order valence-electron chi connectivity index (χ4n) is 9.71. The highest BCUT2D eigenvalue weighted by Gasteiger charge is 2.70. The van der Waals surface area contributed by atoms with Crippen molar-refractivity contribution in [2.24, 2.45) is 33.9 Å². The summed E-state index contributed by atoms with van der Waals surface area (Å²) in [4.78, 5) is 63.5. The Kier molecular flexibility index (Phi) is 9.08. The highest BCUT2D eigenvalue weighted by atomic mass is 35.5. The Balaban J connectivity index is 1.12. The van der Waals surface area contributed by atoms with Gasteiger partial charge in [-0.05, 0) is 97.1 Å². The van der Waals surface area contributed by atoms with Gasteiger partial charge in [-0.1, -0.05) is 71.8 Å². The lowest BCUT2D eigenvalue weighted by Gasteiger charge is -2.50. The van der Waals surface area contributed by atoms with Crippen LogP contribution in [0.4, 0.5) is 32.8 Å². The SMILES string of the molecule is CN(C)c1ccc(N=Nc2ccc(N3C(=O)[C@H]4[C@H](CC=C5[C@H]4C[C@H]4C(=O)N(c6cccc(Cl)c6)C(=O)[C@@]4(c4ccccc4)[C@H]5c4cccc(F)c4O)C3=O)cc2)cc1. The number of amides is 4. The second-order valence-corrected chi connectivity index (χ2v) is 15.8. The van der Waals surface area contributed by atoms with Crippen molar-refractivity contribution >= 4 is 63.7 Å². The third kappa shape index (κ3) is 5.67. The van der Waals surface area contributed by atoms with Gasteiger partial charge in [0.1, 0.15) is 0 Å². The minimum Gasteiger partial charge on any atom is -0.505 e. The van der Waals surface area contributed by atoms with Crippen LogP contribution in [0.2, 0.25) is 5.02 Å². The molecular weight excluding hydrogens is 757 g/mol. The number of carbonyl (C=O) groups excluding carboxylic acids is 4. The number of allylic oxidation sites excluding steroid dienone is 2. The van der Waals surface area contributed by atoms with Crippen LogP contribution >= 0.6 is 11.6 Å². The van der Waals surface area contributed by atoms with Gasteiger partial charge in [-0.15, -0.1) is 0 Å². The van der Waals surface area contributed by atoms with Crippen LogP contribution in [0.3, 0.4) is 0 Å². The van der Waals surface area contributed by atoms with Crippen LogP contribution in [0.25, 0.3) is 0 Å². The first-order valence-electron chi connectivity index (χ1n) is 19.0. The molecule has 2 aliphatic carbocycles. The molecule has 9 rings (SSSR count). The Morgan fingerprint density at radius 1 is 0.741 bits per heavy atom. The van der Waals surface area contributed by atoms with Gasteiger partial charge in [-0.3, -0.25) is 24.1 Å². The van der Waals surface area contributed by atoms with Crippen molar-refractivity contribution in [2.45, 2.75) is 24.2 Å². The largest absolute Gasteiger partial charge is 0.505 e. The molecule has 0 spiro atoms. The number of imide groups is 2. The lowest BCUT2D eigenvalue weighted by atomic mass is 9.49. The topological polar surface area (TPSA) is 123 Å². The molecule has 4 aliphatic rings. The van der Waals surface area contributed by atoms with E-state index in [-0.39, 0.29) is 30.0 Å². The molecule has 2 aliphatic heterocycles. The van der Waals surface area contributed by atoms with Gasteiger partial charge in [0.15, 0.2) is 11.6 Å². The first kappa shape index (κ1) is 37.1. The summed E-state index contributed by atoms with van der Waals surface area (Å²) in [6.07, 6.45) is 2.08. The normalized spacial score (nSPS) is 25.2. The van der Waals surface area contributed by atoms with Crippen molar-refractivity contribution in [3.05, 3.63) is 155 Å². The van der Waals surface area contributed by atoms with Crippen molar-refractivity contribution in [1.29, 1.82) is 0 Å². The molecule has 58 heavy (non-hydrogen) atoms. The van der Waals surface area contributed by atoms with Crippen LogP contribution in [-0.2, 0) is 24.6 Å². The zero-order valence-corrected chi connectivity index (χ0v) is 32.3. The van der Waals surface area contributed by atoms with Crippen molar-refractivity contribution in [2.75, 3.05) is 28.8 Å². The molecule has 0 aromatic heterocycles. The zero-order chi connectivity index (χ0) is 40.5. The number of phenolic OH excluding ortho intramolecular Hbond substituents is 1. The number of benzene rings is 5. The van der Waals surface area contributed by atoms with Crippen molar-refractivity contribution in [3.8, 4) is 5.75 Å². The van der Waals surface area contributed by atoms with Crippen molar-refractivity contribution in [3.63, 3.8) is 0 Å². The quantitative estimate of drug-likeness (QED) is 0.0997. The second-order valence-electron chi connectivity index (χ2n) is 15.4. The summed E-state index contributed by atoms with van der Waals surface area (Å²) >= 11 is 6.39. The molecule has 1 N–H and O–H groups in total. The number of fused-ring (bicyclic) bond motifs is 4. The molecule has 0 bridgehead atoms. The van der Waals surface area contributed by atoms with E-state index in [0.29, 0.717) is 33.2 Å². The van der Waals surface area contributed by atoms with Crippen molar-refractivity contribution in [1.82, 2.24) is 0 Å². The fourth-order valence-corrected chi connectivity index (χ4v) is 9.89. The van der Waals surface area contributed by atoms with E-state index in [1.54, 1.807) is 78.9 Å². The number of azo groups is 1. The summed E-state index contributed by atoms with van der Waals surface area (Å²) in [6.45, 7) is 0. The van der Waals surface area contributed by atoms with Gasteiger partial charge in [0, 0.05) is 36.3 Å². The van der Waals surface area contributed by atoms with E-state index in [1.807, 2.05) is 49.3 Å². The Morgan fingerprint density at radius 3 is 2.09 bits per heavy atom. The summed E-state index contributed by atoms with van der Waals surface area (Å²) in [5, 5.41) is 20.4. The average Bonchev–Trinajstić information content (AvgIpc) is 3.62. The average molecular weight is 794 g/mol.